The van der Waals surface area contributed by atoms with Gasteiger partial charge in [0.25, 0.3) is 0 Å². The topological polar surface area (TPSA) is 53.6 Å². The number of nitrogens with zero attached hydrogens (tertiary/aromatic N) is 1. The number of hydrogen-bond donors (Lipinski definition) is 2. The summed E-state index contributed by atoms with van der Waals surface area (Å²) < 4.78 is 5.29. The van der Waals surface area contributed by atoms with Crippen molar-refractivity contribution in [2.24, 2.45) is 5.92 Å². The molecule has 0 spiro atoms. The van der Waals surface area contributed by atoms with E-state index < -0.39 is 0 Å². The van der Waals surface area contributed by atoms with E-state index in [1.807, 2.05) is 0 Å². The van der Waals surface area contributed by atoms with Crippen molar-refractivity contribution in [3.05, 3.63) is 0 Å². The molecule has 1 amide bonds. The number of rotatable bonds is 6. The lowest BCUT2D eigenvalue weighted by atomic mass is 10.0. The van der Waals surface area contributed by atoms with E-state index in [2.05, 4.69) is 15.5 Å². The van der Waals surface area contributed by atoms with E-state index in [1.54, 1.807) is 0 Å². The molecule has 2 heterocycles. The molecule has 2 aliphatic heterocycles. The highest BCUT2D eigenvalue weighted by Gasteiger charge is 2.15. The molecule has 0 radical (unpaired) electrons. The maximum Gasteiger partial charge on any atom is 0.220 e. The van der Waals surface area contributed by atoms with Crippen molar-refractivity contribution in [2.75, 3.05) is 52.5 Å². The lowest BCUT2D eigenvalue weighted by Crippen LogP contribution is -2.41. The van der Waals surface area contributed by atoms with Crippen LogP contribution in [0.3, 0.4) is 0 Å². The van der Waals surface area contributed by atoms with Gasteiger partial charge in [0.1, 0.15) is 0 Å². The van der Waals surface area contributed by atoms with Gasteiger partial charge in [-0.1, -0.05) is 0 Å². The van der Waals surface area contributed by atoms with Crippen molar-refractivity contribution in [1.82, 2.24) is 15.5 Å². The highest BCUT2D eigenvalue weighted by Crippen LogP contribution is 2.13. The lowest BCUT2D eigenvalue weighted by molar-refractivity contribution is -0.121. The predicted octanol–water partition coefficient (Wildman–Crippen LogP) is 0.668. The fourth-order valence-electron chi connectivity index (χ4n) is 2.56. The molecular formula is C13H27Cl2N3O2. The zero-order valence-electron chi connectivity index (χ0n) is 11.9. The first-order valence-electron chi connectivity index (χ1n) is 7.12. The van der Waals surface area contributed by atoms with Gasteiger partial charge < -0.3 is 15.4 Å². The van der Waals surface area contributed by atoms with Gasteiger partial charge in [-0.25, -0.2) is 0 Å². The van der Waals surface area contributed by atoms with E-state index in [0.717, 1.165) is 58.9 Å². The molecule has 1 unspecified atom stereocenters. The van der Waals surface area contributed by atoms with Gasteiger partial charge in [0, 0.05) is 32.6 Å². The van der Waals surface area contributed by atoms with E-state index in [9.17, 15) is 4.79 Å². The summed E-state index contributed by atoms with van der Waals surface area (Å²) in [5, 5.41) is 6.34. The molecule has 7 heteroatoms. The molecule has 2 rings (SSSR count). The number of halogens is 2. The quantitative estimate of drug-likeness (QED) is 0.752. The number of amides is 1. The predicted molar refractivity (Wildman–Crippen MR) is 85.0 cm³/mol. The van der Waals surface area contributed by atoms with Crippen LogP contribution in [-0.4, -0.2) is 63.3 Å². The van der Waals surface area contributed by atoms with Crippen molar-refractivity contribution in [1.29, 1.82) is 0 Å². The molecule has 0 aliphatic carbocycles. The van der Waals surface area contributed by atoms with Gasteiger partial charge in [-0.3, -0.25) is 9.69 Å². The Labute approximate surface area is 134 Å². The third-order valence-corrected chi connectivity index (χ3v) is 3.80. The molecule has 2 N–H and O–H groups in total. The highest BCUT2D eigenvalue weighted by molar-refractivity contribution is 5.85. The lowest BCUT2D eigenvalue weighted by Gasteiger charge is -2.26. The van der Waals surface area contributed by atoms with Gasteiger partial charge in [0.15, 0.2) is 0 Å². The Morgan fingerprint density at radius 3 is 2.70 bits per heavy atom. The monoisotopic (exact) mass is 327 g/mol. The summed E-state index contributed by atoms with van der Waals surface area (Å²) in [6, 6.07) is 0. The molecule has 2 fully saturated rings. The number of morpholine rings is 1. The van der Waals surface area contributed by atoms with E-state index in [-0.39, 0.29) is 30.7 Å². The molecule has 0 aromatic rings. The highest BCUT2D eigenvalue weighted by atomic mass is 35.5. The van der Waals surface area contributed by atoms with Crippen molar-refractivity contribution in [2.45, 2.75) is 19.3 Å². The van der Waals surface area contributed by atoms with Crippen molar-refractivity contribution >= 4 is 30.7 Å². The molecule has 120 valence electrons. The Balaban J connectivity index is 0.00000180. The van der Waals surface area contributed by atoms with Gasteiger partial charge in [-0.2, -0.15) is 0 Å². The van der Waals surface area contributed by atoms with E-state index >= 15 is 0 Å². The van der Waals surface area contributed by atoms with Crippen molar-refractivity contribution in [3.63, 3.8) is 0 Å². The van der Waals surface area contributed by atoms with Crippen LogP contribution in [0.1, 0.15) is 19.3 Å². The standard InChI is InChI=1S/C13H25N3O2.2ClH/c17-13(2-1-12-3-4-14-11-12)15-5-6-16-7-9-18-10-8-16;;/h12,14H,1-11H2,(H,15,17);2*1H. The van der Waals surface area contributed by atoms with Crippen LogP contribution in [0.2, 0.25) is 0 Å². The summed E-state index contributed by atoms with van der Waals surface area (Å²) >= 11 is 0. The summed E-state index contributed by atoms with van der Waals surface area (Å²) in [6.45, 7) is 7.53. The van der Waals surface area contributed by atoms with Crippen LogP contribution in [-0.2, 0) is 9.53 Å². The molecule has 2 saturated heterocycles. The fraction of sp³-hybridized carbons (Fsp3) is 0.923. The van der Waals surface area contributed by atoms with Crippen LogP contribution in [0.5, 0.6) is 0 Å². The maximum atomic E-state index is 11.7. The van der Waals surface area contributed by atoms with E-state index in [0.29, 0.717) is 12.3 Å². The maximum absolute atomic E-state index is 11.7. The number of carbonyl (C=O) groups is 1. The minimum absolute atomic E-state index is 0. The van der Waals surface area contributed by atoms with Gasteiger partial charge >= 0.3 is 0 Å². The Morgan fingerprint density at radius 1 is 1.30 bits per heavy atom. The molecule has 0 bridgehead atoms. The Hall–Kier alpha value is -0.0700. The first kappa shape index (κ1) is 19.9. The average Bonchev–Trinajstić information content (AvgIpc) is 2.91. The van der Waals surface area contributed by atoms with Crippen LogP contribution >= 0.6 is 24.8 Å². The molecule has 0 saturated carbocycles. The zero-order valence-corrected chi connectivity index (χ0v) is 13.6. The molecule has 5 nitrogen and oxygen atoms in total. The molecule has 0 aromatic carbocycles. The van der Waals surface area contributed by atoms with E-state index in [1.165, 1.54) is 6.42 Å². The minimum Gasteiger partial charge on any atom is -0.379 e. The second kappa shape index (κ2) is 11.6. The van der Waals surface area contributed by atoms with Crippen LogP contribution in [0, 0.1) is 5.92 Å². The number of carbonyl (C=O) groups excluding carboxylic acids is 1. The Kier molecular flexibility index (Phi) is 11.5. The first-order chi connectivity index (χ1) is 8.84. The SMILES string of the molecule is Cl.Cl.O=C(CCC1CCNC1)NCCN1CCOCC1. The minimum atomic E-state index is 0. The second-order valence-corrected chi connectivity index (χ2v) is 5.20. The molecule has 20 heavy (non-hydrogen) atoms. The van der Waals surface area contributed by atoms with Gasteiger partial charge in [-0.05, 0) is 31.8 Å². The van der Waals surface area contributed by atoms with E-state index in [4.69, 9.17) is 4.74 Å². The van der Waals surface area contributed by atoms with Crippen molar-refractivity contribution < 1.29 is 9.53 Å². The summed E-state index contributed by atoms with van der Waals surface area (Å²) in [6.07, 6.45) is 2.92. The average molecular weight is 328 g/mol. The van der Waals surface area contributed by atoms with Gasteiger partial charge in [0.2, 0.25) is 5.91 Å². The van der Waals surface area contributed by atoms with Crippen LogP contribution in [0.4, 0.5) is 0 Å². The summed E-state index contributed by atoms with van der Waals surface area (Å²) in [5.41, 5.74) is 0. The van der Waals surface area contributed by atoms with Crippen LogP contribution < -0.4 is 10.6 Å². The normalized spacial score (nSPS) is 22.7. The third kappa shape index (κ3) is 7.64. The molecule has 2 aliphatic rings. The van der Waals surface area contributed by atoms with Crippen LogP contribution in [0.25, 0.3) is 0 Å². The van der Waals surface area contributed by atoms with Crippen LogP contribution in [0.15, 0.2) is 0 Å². The van der Waals surface area contributed by atoms with Crippen molar-refractivity contribution in [3.8, 4) is 0 Å². The molecular weight excluding hydrogens is 301 g/mol. The van der Waals surface area contributed by atoms with Gasteiger partial charge in [-0.15, -0.1) is 24.8 Å². The Bertz CT molecular complexity index is 258. The molecule has 1 atom stereocenters. The van der Waals surface area contributed by atoms with Gasteiger partial charge in [0.05, 0.1) is 13.2 Å². The number of nitrogens with one attached hydrogen (secondary N) is 2. The molecule has 0 aromatic heterocycles. The summed E-state index contributed by atoms with van der Waals surface area (Å²) in [7, 11) is 0. The summed E-state index contributed by atoms with van der Waals surface area (Å²) in [4.78, 5) is 14.0. The Morgan fingerprint density at radius 2 is 2.05 bits per heavy atom. The smallest absolute Gasteiger partial charge is 0.220 e. The number of ether oxygens (including phenoxy) is 1. The second-order valence-electron chi connectivity index (χ2n) is 5.20. The zero-order chi connectivity index (χ0) is 12.6. The number of hydrogen-bond acceptors (Lipinski definition) is 4. The summed E-state index contributed by atoms with van der Waals surface area (Å²) in [5.74, 6) is 0.908. The first-order valence-corrected chi connectivity index (χ1v) is 7.12. The largest absolute Gasteiger partial charge is 0.379 e. The fourth-order valence-corrected chi connectivity index (χ4v) is 2.56. The third-order valence-electron chi connectivity index (χ3n) is 3.80.